The Morgan fingerprint density at radius 3 is 2.37 bits per heavy atom. The van der Waals surface area contributed by atoms with Crippen LogP contribution in [-0.4, -0.2) is 29.9 Å². The predicted molar refractivity (Wildman–Crippen MR) is 144 cm³/mol. The molecular formula is C27H32FN3O3S. The van der Waals surface area contributed by atoms with E-state index >= 15 is 0 Å². The van der Waals surface area contributed by atoms with Crippen LogP contribution >= 0.6 is 11.3 Å². The van der Waals surface area contributed by atoms with E-state index in [9.17, 15) is 14.0 Å². The number of aromatic nitrogens is 1. The molecule has 1 aromatic carbocycles. The van der Waals surface area contributed by atoms with Gasteiger partial charge in [0, 0.05) is 17.7 Å². The molecule has 0 atom stereocenters. The van der Waals surface area contributed by atoms with Gasteiger partial charge in [-0.2, -0.15) is 0 Å². The third-order valence-corrected chi connectivity index (χ3v) is 4.84. The molecule has 35 heavy (non-hydrogen) atoms. The van der Waals surface area contributed by atoms with E-state index in [1.165, 1.54) is 17.4 Å². The number of alkyl halides is 1. The fourth-order valence-electron chi connectivity index (χ4n) is 2.30. The Kier molecular flexibility index (Phi) is 16.4. The summed E-state index contributed by atoms with van der Waals surface area (Å²) in [6, 6.07) is 6.99. The molecule has 2 aromatic rings. The van der Waals surface area contributed by atoms with Gasteiger partial charge in [0.05, 0.1) is 23.4 Å². The summed E-state index contributed by atoms with van der Waals surface area (Å²) >= 11 is 1.28. The van der Waals surface area contributed by atoms with Crippen LogP contribution in [0.5, 0.6) is 0 Å². The maximum absolute atomic E-state index is 12.3. The number of Topliss-reactive ketones (excluding diaryl/α,β-unsaturated/α-hetero) is 1. The fourth-order valence-corrected chi connectivity index (χ4v) is 3.09. The van der Waals surface area contributed by atoms with Crippen LogP contribution in [0.25, 0.3) is 0 Å². The highest BCUT2D eigenvalue weighted by atomic mass is 32.1. The highest BCUT2D eigenvalue weighted by molar-refractivity contribution is 7.17. The number of amides is 1. The number of ketones is 1. The number of carbonyl (C=O) groups is 2. The van der Waals surface area contributed by atoms with Gasteiger partial charge in [0.25, 0.3) is 5.91 Å². The van der Waals surface area contributed by atoms with E-state index in [0.29, 0.717) is 27.1 Å². The first-order chi connectivity index (χ1) is 16.8. The molecule has 0 radical (unpaired) electrons. The van der Waals surface area contributed by atoms with E-state index < -0.39 is 0 Å². The molecule has 0 aliphatic rings. The average Bonchev–Trinajstić information content (AvgIpc) is 3.33. The molecule has 1 amide bonds. The molecular weight excluding hydrogens is 465 g/mol. The van der Waals surface area contributed by atoms with Gasteiger partial charge in [-0.05, 0) is 51.1 Å². The second-order valence-corrected chi connectivity index (χ2v) is 7.64. The lowest BCUT2D eigenvalue weighted by Gasteiger charge is -2.11. The average molecular weight is 498 g/mol. The Labute approximate surface area is 211 Å². The van der Waals surface area contributed by atoms with Crippen molar-refractivity contribution in [2.24, 2.45) is 0 Å². The molecule has 1 aromatic heterocycles. The SMILES string of the molecule is C#C.C/C=C\CF.C=CCC(=O)c1cnc(Nc2ccc(C(=O)NC/C(=C/C)OC(=C)C)cc2)s1. The van der Waals surface area contributed by atoms with Crippen molar-refractivity contribution < 1.29 is 18.7 Å². The van der Waals surface area contributed by atoms with E-state index in [4.69, 9.17) is 4.74 Å². The van der Waals surface area contributed by atoms with Crippen molar-refractivity contribution >= 4 is 33.8 Å². The van der Waals surface area contributed by atoms with Crippen LogP contribution in [-0.2, 0) is 4.74 Å². The van der Waals surface area contributed by atoms with Crippen molar-refractivity contribution in [3.05, 3.63) is 89.9 Å². The summed E-state index contributed by atoms with van der Waals surface area (Å²) in [5, 5.41) is 6.54. The number of halogens is 1. The zero-order valence-electron chi connectivity index (χ0n) is 20.3. The van der Waals surface area contributed by atoms with Gasteiger partial charge < -0.3 is 15.4 Å². The van der Waals surface area contributed by atoms with Crippen LogP contribution in [0.4, 0.5) is 15.2 Å². The number of nitrogens with one attached hydrogen (secondary N) is 2. The monoisotopic (exact) mass is 497 g/mol. The molecule has 8 heteroatoms. The Hall–Kier alpha value is -3.96. The minimum absolute atomic E-state index is 0.0105. The van der Waals surface area contributed by atoms with Gasteiger partial charge in [-0.25, -0.2) is 9.37 Å². The summed E-state index contributed by atoms with van der Waals surface area (Å²) < 4.78 is 16.3. The molecule has 0 unspecified atom stereocenters. The number of hydrogen-bond acceptors (Lipinski definition) is 6. The first-order valence-corrected chi connectivity index (χ1v) is 11.4. The number of ether oxygens (including phenoxy) is 1. The van der Waals surface area contributed by atoms with Crippen molar-refractivity contribution in [3.63, 3.8) is 0 Å². The summed E-state index contributed by atoms with van der Waals surface area (Å²) in [6.07, 6.45) is 16.3. The first kappa shape index (κ1) is 31.0. The number of hydrogen-bond donors (Lipinski definition) is 2. The van der Waals surface area contributed by atoms with Gasteiger partial charge in [-0.15, -0.1) is 19.4 Å². The topological polar surface area (TPSA) is 80.3 Å². The maximum atomic E-state index is 12.3. The van der Waals surface area contributed by atoms with Gasteiger partial charge >= 0.3 is 0 Å². The van der Waals surface area contributed by atoms with Crippen molar-refractivity contribution in [2.75, 3.05) is 18.5 Å². The molecule has 1 heterocycles. The summed E-state index contributed by atoms with van der Waals surface area (Å²) in [6.45, 7) is 12.6. The van der Waals surface area contributed by atoms with Gasteiger partial charge in [0.2, 0.25) is 0 Å². The van der Waals surface area contributed by atoms with Crippen LogP contribution in [0.2, 0.25) is 0 Å². The molecule has 0 aliphatic carbocycles. The Balaban J connectivity index is 0.00000146. The number of thiazole rings is 1. The number of allylic oxidation sites excluding steroid dienone is 5. The van der Waals surface area contributed by atoms with Crippen molar-refractivity contribution in [3.8, 4) is 12.8 Å². The molecule has 2 rings (SSSR count). The first-order valence-electron chi connectivity index (χ1n) is 10.6. The van der Waals surface area contributed by atoms with E-state index in [0.717, 1.165) is 5.69 Å². The third kappa shape index (κ3) is 12.8. The van der Waals surface area contributed by atoms with E-state index in [1.54, 1.807) is 62.5 Å². The normalized spacial score (nSPS) is 10.2. The van der Waals surface area contributed by atoms with Gasteiger partial charge in [-0.3, -0.25) is 9.59 Å². The number of benzene rings is 1. The second-order valence-electron chi connectivity index (χ2n) is 6.61. The van der Waals surface area contributed by atoms with E-state index in [-0.39, 0.29) is 31.3 Å². The predicted octanol–water partition coefficient (Wildman–Crippen LogP) is 6.61. The molecule has 0 fully saturated rings. The standard InChI is InChI=1S/C21H23N3O3S.C4H7F.C2H2/c1-5-7-18(25)19-13-23-21(28-19)24-16-10-8-15(9-11-16)20(26)22-12-17(6-2)27-14(3)4;1-2-3-4-5;1-2/h5-6,8-11,13H,1,3,7,12H2,2,4H3,(H,22,26)(H,23,24);2-3H,4H2,1H3;1-2H/b17-6-;3-2-;. The van der Waals surface area contributed by atoms with Crippen molar-refractivity contribution in [1.82, 2.24) is 10.3 Å². The molecule has 0 saturated heterocycles. The number of anilines is 2. The van der Waals surface area contributed by atoms with Crippen molar-refractivity contribution in [2.45, 2.75) is 27.2 Å². The maximum Gasteiger partial charge on any atom is 0.251 e. The molecule has 6 nitrogen and oxygen atoms in total. The molecule has 2 N–H and O–H groups in total. The number of nitrogens with zero attached hydrogens (tertiary/aromatic N) is 1. The summed E-state index contributed by atoms with van der Waals surface area (Å²) in [7, 11) is 0. The summed E-state index contributed by atoms with van der Waals surface area (Å²) in [5.41, 5.74) is 1.30. The quantitative estimate of drug-likeness (QED) is 0.158. The number of carbonyl (C=O) groups excluding carboxylic acids is 2. The zero-order chi connectivity index (χ0) is 26.6. The summed E-state index contributed by atoms with van der Waals surface area (Å²) in [5.74, 6) is 0.977. The Morgan fingerprint density at radius 1 is 1.23 bits per heavy atom. The van der Waals surface area contributed by atoms with Gasteiger partial charge in [0.15, 0.2) is 10.9 Å². The highest BCUT2D eigenvalue weighted by Gasteiger charge is 2.10. The molecule has 0 spiro atoms. The Bertz CT molecular complexity index is 1040. The summed E-state index contributed by atoms with van der Waals surface area (Å²) in [4.78, 5) is 28.9. The molecule has 186 valence electrons. The second kappa shape index (κ2) is 18.5. The number of terminal acetylenes is 1. The fraction of sp³-hybridized carbons (Fsp3) is 0.222. The van der Waals surface area contributed by atoms with Crippen LogP contribution in [0.1, 0.15) is 47.2 Å². The lowest BCUT2D eigenvalue weighted by atomic mass is 10.2. The third-order valence-electron chi connectivity index (χ3n) is 3.88. The van der Waals surface area contributed by atoms with E-state index in [2.05, 4.69) is 41.6 Å². The van der Waals surface area contributed by atoms with Crippen LogP contribution in [0.15, 0.2) is 79.4 Å². The highest BCUT2D eigenvalue weighted by Crippen LogP contribution is 2.24. The Morgan fingerprint density at radius 2 is 1.89 bits per heavy atom. The number of rotatable bonds is 11. The lowest BCUT2D eigenvalue weighted by molar-refractivity contribution is 0.0949. The smallest absolute Gasteiger partial charge is 0.251 e. The van der Waals surface area contributed by atoms with Gasteiger partial charge in [0.1, 0.15) is 12.4 Å². The largest absolute Gasteiger partial charge is 0.465 e. The van der Waals surface area contributed by atoms with Crippen LogP contribution < -0.4 is 10.6 Å². The van der Waals surface area contributed by atoms with E-state index in [1.807, 2.05) is 6.92 Å². The van der Waals surface area contributed by atoms with Gasteiger partial charge in [-0.1, -0.05) is 36.1 Å². The molecule has 0 aliphatic heterocycles. The van der Waals surface area contributed by atoms with Crippen LogP contribution in [0, 0.1) is 12.8 Å². The molecule has 0 bridgehead atoms. The van der Waals surface area contributed by atoms with Crippen molar-refractivity contribution in [1.29, 1.82) is 0 Å². The molecule has 0 saturated carbocycles. The minimum atomic E-state index is -0.337. The van der Waals surface area contributed by atoms with Crippen LogP contribution in [0.3, 0.4) is 0 Å². The lowest BCUT2D eigenvalue weighted by Crippen LogP contribution is -2.26. The zero-order valence-corrected chi connectivity index (χ0v) is 21.2. The minimum Gasteiger partial charge on any atom is -0.465 e.